The maximum Gasteiger partial charge on any atom is 0.0976 e. The van der Waals surface area contributed by atoms with Gasteiger partial charge in [0, 0.05) is 12.4 Å². The third-order valence-corrected chi connectivity index (χ3v) is 1.42. The van der Waals surface area contributed by atoms with Gasteiger partial charge in [-0.1, -0.05) is 18.2 Å². The lowest BCUT2D eigenvalue weighted by Crippen LogP contribution is -1.91. The van der Waals surface area contributed by atoms with Crippen LogP contribution in [-0.4, -0.2) is 12.4 Å². The van der Waals surface area contributed by atoms with Crippen molar-refractivity contribution in [3.63, 3.8) is 0 Å². The van der Waals surface area contributed by atoms with E-state index in [1.54, 1.807) is 25.4 Å². The van der Waals surface area contributed by atoms with Crippen molar-refractivity contribution in [3.05, 3.63) is 24.4 Å². The van der Waals surface area contributed by atoms with E-state index in [4.69, 9.17) is 0 Å². The zero-order valence-corrected chi connectivity index (χ0v) is 7.76. The highest BCUT2D eigenvalue weighted by atomic mass is 19.1. The van der Waals surface area contributed by atoms with Crippen LogP contribution in [0.5, 0.6) is 0 Å². The molecule has 0 spiro atoms. The molecule has 0 aromatic rings. The molecule has 2 heteroatoms. The quantitative estimate of drug-likeness (QED) is 0.560. The summed E-state index contributed by atoms with van der Waals surface area (Å²) in [4.78, 5) is 3.94. The Morgan fingerprint density at radius 1 is 1.67 bits per heavy atom. The number of rotatable bonds is 5. The van der Waals surface area contributed by atoms with E-state index in [9.17, 15) is 4.39 Å². The first-order chi connectivity index (χ1) is 5.66. The fourth-order valence-electron chi connectivity index (χ4n) is 0.722. The van der Waals surface area contributed by atoms with Gasteiger partial charge in [-0.2, -0.15) is 0 Å². The first-order valence-corrected chi connectivity index (χ1v) is 4.10. The SMILES string of the molecule is C=CC=N/C=C(\C)CCC(C)F. The van der Waals surface area contributed by atoms with E-state index in [1.807, 2.05) is 6.92 Å². The molecule has 68 valence electrons. The number of allylic oxidation sites excluding steroid dienone is 2. The standard InChI is InChI=1S/C10H16FN/c1-4-7-12-8-9(2)5-6-10(3)11/h4,7-8,10H,1,5-6H2,2-3H3/b9-8+,12-7?. The summed E-state index contributed by atoms with van der Waals surface area (Å²) >= 11 is 0. The molecule has 0 aliphatic carbocycles. The average molecular weight is 169 g/mol. The lowest BCUT2D eigenvalue weighted by Gasteiger charge is -1.99. The molecule has 0 aromatic heterocycles. The van der Waals surface area contributed by atoms with Crippen molar-refractivity contribution in [2.45, 2.75) is 32.9 Å². The van der Waals surface area contributed by atoms with Crippen molar-refractivity contribution < 1.29 is 4.39 Å². The van der Waals surface area contributed by atoms with E-state index in [1.165, 1.54) is 0 Å². The second kappa shape index (κ2) is 6.77. The van der Waals surface area contributed by atoms with Crippen molar-refractivity contribution in [1.82, 2.24) is 0 Å². The highest BCUT2D eigenvalue weighted by molar-refractivity contribution is 5.70. The summed E-state index contributed by atoms with van der Waals surface area (Å²) in [5.41, 5.74) is 1.10. The van der Waals surface area contributed by atoms with Crippen LogP contribution in [0.3, 0.4) is 0 Å². The number of hydrogen-bond donors (Lipinski definition) is 0. The molecule has 0 aliphatic heterocycles. The first-order valence-electron chi connectivity index (χ1n) is 4.10. The molecule has 0 bridgehead atoms. The number of aliphatic imine (C=N–C) groups is 1. The van der Waals surface area contributed by atoms with E-state index >= 15 is 0 Å². The molecule has 12 heavy (non-hydrogen) atoms. The Morgan fingerprint density at radius 3 is 2.83 bits per heavy atom. The summed E-state index contributed by atoms with van der Waals surface area (Å²) in [7, 11) is 0. The minimum Gasteiger partial charge on any atom is -0.265 e. The molecule has 0 rings (SSSR count). The molecule has 0 aromatic carbocycles. The van der Waals surface area contributed by atoms with Gasteiger partial charge in [-0.3, -0.25) is 4.99 Å². The van der Waals surface area contributed by atoms with Gasteiger partial charge in [-0.15, -0.1) is 0 Å². The highest BCUT2D eigenvalue weighted by Crippen LogP contribution is 2.08. The zero-order valence-electron chi connectivity index (χ0n) is 7.76. The molecule has 0 aliphatic rings. The van der Waals surface area contributed by atoms with Gasteiger partial charge in [0.1, 0.15) is 0 Å². The van der Waals surface area contributed by atoms with Gasteiger partial charge in [0.2, 0.25) is 0 Å². The van der Waals surface area contributed by atoms with Crippen LogP contribution in [0.25, 0.3) is 0 Å². The molecule has 0 amide bonds. The average Bonchev–Trinajstić information content (AvgIpc) is 2.01. The van der Waals surface area contributed by atoms with Crippen LogP contribution in [0.15, 0.2) is 29.4 Å². The van der Waals surface area contributed by atoms with Crippen LogP contribution < -0.4 is 0 Å². The monoisotopic (exact) mass is 169 g/mol. The minimum absolute atomic E-state index is 0.575. The third-order valence-electron chi connectivity index (χ3n) is 1.42. The smallest absolute Gasteiger partial charge is 0.0976 e. The van der Waals surface area contributed by atoms with Gasteiger partial charge >= 0.3 is 0 Å². The predicted molar refractivity (Wildman–Crippen MR) is 52.3 cm³/mol. The van der Waals surface area contributed by atoms with Crippen molar-refractivity contribution >= 4 is 6.21 Å². The van der Waals surface area contributed by atoms with Crippen molar-refractivity contribution in [1.29, 1.82) is 0 Å². The summed E-state index contributed by atoms with van der Waals surface area (Å²) < 4.78 is 12.4. The molecular weight excluding hydrogens is 153 g/mol. The first kappa shape index (κ1) is 11.1. The van der Waals surface area contributed by atoms with Crippen LogP contribution in [0.1, 0.15) is 26.7 Å². The van der Waals surface area contributed by atoms with Crippen molar-refractivity contribution in [2.24, 2.45) is 4.99 Å². The van der Waals surface area contributed by atoms with Crippen molar-refractivity contribution in [3.8, 4) is 0 Å². The van der Waals surface area contributed by atoms with E-state index in [2.05, 4.69) is 11.6 Å². The van der Waals surface area contributed by atoms with Crippen LogP contribution >= 0.6 is 0 Å². The molecule has 0 N–H and O–H groups in total. The summed E-state index contributed by atoms with van der Waals surface area (Å²) in [6.45, 7) is 7.01. The van der Waals surface area contributed by atoms with Gasteiger partial charge in [0.15, 0.2) is 0 Å². The summed E-state index contributed by atoms with van der Waals surface area (Å²) in [5.74, 6) is 0. The van der Waals surface area contributed by atoms with Gasteiger partial charge < -0.3 is 0 Å². The van der Waals surface area contributed by atoms with Gasteiger partial charge in [0.25, 0.3) is 0 Å². The van der Waals surface area contributed by atoms with Crippen LogP contribution in [0.2, 0.25) is 0 Å². The maximum absolute atomic E-state index is 12.4. The van der Waals surface area contributed by atoms with Crippen molar-refractivity contribution in [2.75, 3.05) is 0 Å². The zero-order chi connectivity index (χ0) is 9.40. The molecule has 0 fully saturated rings. The number of alkyl halides is 1. The Hall–Kier alpha value is -0.920. The summed E-state index contributed by atoms with van der Waals surface area (Å²) in [5, 5.41) is 0. The third kappa shape index (κ3) is 7.19. The molecule has 1 atom stereocenters. The fraction of sp³-hybridized carbons (Fsp3) is 0.500. The number of hydrogen-bond acceptors (Lipinski definition) is 1. The van der Waals surface area contributed by atoms with Gasteiger partial charge in [-0.25, -0.2) is 4.39 Å². The summed E-state index contributed by atoms with van der Waals surface area (Å²) in [6, 6.07) is 0. The van der Waals surface area contributed by atoms with Gasteiger partial charge in [-0.05, 0) is 26.7 Å². The topological polar surface area (TPSA) is 12.4 Å². The van der Waals surface area contributed by atoms with E-state index in [-0.39, 0.29) is 0 Å². The predicted octanol–water partition coefficient (Wildman–Crippen LogP) is 3.29. The second-order valence-electron chi connectivity index (χ2n) is 2.83. The molecule has 0 saturated carbocycles. The number of nitrogens with zero attached hydrogens (tertiary/aromatic N) is 1. The molecule has 0 heterocycles. The Bertz CT molecular complexity index is 180. The van der Waals surface area contributed by atoms with E-state index < -0.39 is 6.17 Å². The largest absolute Gasteiger partial charge is 0.265 e. The maximum atomic E-state index is 12.4. The minimum atomic E-state index is -0.725. The Labute approximate surface area is 73.7 Å². The second-order valence-corrected chi connectivity index (χ2v) is 2.83. The van der Waals surface area contributed by atoms with Gasteiger partial charge in [0.05, 0.1) is 6.17 Å². The lowest BCUT2D eigenvalue weighted by atomic mass is 10.1. The van der Waals surface area contributed by atoms with Crippen LogP contribution in [0.4, 0.5) is 4.39 Å². The molecule has 0 radical (unpaired) electrons. The Morgan fingerprint density at radius 2 is 2.33 bits per heavy atom. The fourth-order valence-corrected chi connectivity index (χ4v) is 0.722. The summed E-state index contributed by atoms with van der Waals surface area (Å²) in [6.07, 6.45) is 5.59. The normalized spacial score (nSPS) is 15.1. The molecule has 0 saturated heterocycles. The molecule has 1 nitrogen and oxygen atoms in total. The number of halogens is 1. The molecular formula is C10H16FN. The Kier molecular flexibility index (Phi) is 6.25. The van der Waals surface area contributed by atoms with Crippen LogP contribution in [-0.2, 0) is 0 Å². The lowest BCUT2D eigenvalue weighted by molar-refractivity contribution is 0.341. The Balaban J connectivity index is 3.70. The molecule has 1 unspecified atom stereocenters. The van der Waals surface area contributed by atoms with E-state index in [0.717, 1.165) is 12.0 Å². The highest BCUT2D eigenvalue weighted by Gasteiger charge is 1.97. The van der Waals surface area contributed by atoms with Crippen LogP contribution in [0, 0.1) is 0 Å². The van der Waals surface area contributed by atoms with E-state index in [0.29, 0.717) is 6.42 Å².